The summed E-state index contributed by atoms with van der Waals surface area (Å²) in [6, 6.07) is 33.3. The molecule has 5 aromatic carbocycles. The van der Waals surface area contributed by atoms with E-state index in [9.17, 15) is 4.79 Å². The molecule has 1 N–H and O–H groups in total. The van der Waals surface area contributed by atoms with Gasteiger partial charge in [-0.3, -0.25) is 4.79 Å². The van der Waals surface area contributed by atoms with Crippen molar-refractivity contribution in [3.63, 3.8) is 0 Å². The molecule has 0 aliphatic rings. The van der Waals surface area contributed by atoms with E-state index in [4.69, 9.17) is 0 Å². The predicted octanol–water partition coefficient (Wildman–Crippen LogP) is 7.53. The smallest absolute Gasteiger partial charge is 0.250 e. The fourth-order valence-electron chi connectivity index (χ4n) is 4.39. The number of benzene rings is 5. The lowest BCUT2D eigenvalue weighted by molar-refractivity contribution is -0.118. The van der Waals surface area contributed by atoms with Crippen LogP contribution in [0.4, 0.5) is 0 Å². The number of thioether (sulfide) groups is 2. The van der Waals surface area contributed by atoms with Crippen LogP contribution < -0.4 is 5.43 Å². The molecule has 6 rings (SSSR count). The van der Waals surface area contributed by atoms with Crippen LogP contribution in [0.5, 0.6) is 0 Å². The first-order valence-corrected chi connectivity index (χ1v) is 14.8. The highest BCUT2D eigenvalue weighted by Gasteiger charge is 2.10. The predicted molar refractivity (Wildman–Crippen MR) is 161 cm³/mol. The average Bonchev–Trinajstić information content (AvgIpc) is 3.42. The zero-order valence-electron chi connectivity index (χ0n) is 20.2. The van der Waals surface area contributed by atoms with Gasteiger partial charge in [0.15, 0.2) is 8.68 Å². The highest BCUT2D eigenvalue weighted by molar-refractivity contribution is 8.03. The van der Waals surface area contributed by atoms with Gasteiger partial charge in [-0.25, -0.2) is 5.43 Å². The third-order valence-electron chi connectivity index (χ3n) is 6.14. The fourth-order valence-corrected chi connectivity index (χ4v) is 7.20. The van der Waals surface area contributed by atoms with Crippen LogP contribution in [0, 0.1) is 0 Å². The van der Waals surface area contributed by atoms with E-state index in [0.717, 1.165) is 41.5 Å². The maximum Gasteiger partial charge on any atom is 0.250 e. The molecule has 5 nitrogen and oxygen atoms in total. The Morgan fingerprint density at radius 2 is 1.37 bits per heavy atom. The zero-order valence-corrected chi connectivity index (χ0v) is 22.7. The lowest BCUT2D eigenvalue weighted by Gasteiger charge is -2.07. The molecule has 0 bridgehead atoms. The standard InChI is InChI=1S/C30H22N4OS3/c35-28(32-31-17-27-25-14-5-2-9-21(25)16-22-10-3-6-15-26(22)27)19-37-30-34-33-29(38-30)36-18-23-12-7-11-20-8-1-4-13-24(20)23/h1-17H,18-19H2,(H,32,35)/b31-17-. The summed E-state index contributed by atoms with van der Waals surface area (Å²) in [6.45, 7) is 0. The summed E-state index contributed by atoms with van der Waals surface area (Å²) in [5.41, 5.74) is 4.92. The van der Waals surface area contributed by atoms with Crippen molar-refractivity contribution in [2.75, 3.05) is 5.75 Å². The van der Waals surface area contributed by atoms with E-state index in [-0.39, 0.29) is 11.7 Å². The van der Waals surface area contributed by atoms with Gasteiger partial charge in [0.1, 0.15) is 0 Å². The molecule has 1 amide bonds. The molecule has 38 heavy (non-hydrogen) atoms. The van der Waals surface area contributed by atoms with Crippen LogP contribution in [0.2, 0.25) is 0 Å². The molecule has 0 atom stereocenters. The van der Waals surface area contributed by atoms with Crippen molar-refractivity contribution in [3.8, 4) is 0 Å². The Kier molecular flexibility index (Phi) is 7.35. The number of hydrogen-bond donors (Lipinski definition) is 1. The number of amides is 1. The van der Waals surface area contributed by atoms with Crippen LogP contribution in [-0.4, -0.2) is 28.1 Å². The van der Waals surface area contributed by atoms with Crippen molar-refractivity contribution < 1.29 is 4.79 Å². The zero-order chi connectivity index (χ0) is 25.7. The lowest BCUT2D eigenvalue weighted by atomic mass is 9.97. The quantitative estimate of drug-likeness (QED) is 0.0918. The van der Waals surface area contributed by atoms with Crippen LogP contribution in [0.15, 0.2) is 111 Å². The molecule has 1 aromatic heterocycles. The monoisotopic (exact) mass is 550 g/mol. The Morgan fingerprint density at radius 1 is 0.763 bits per heavy atom. The minimum absolute atomic E-state index is 0.184. The molecule has 1 heterocycles. The van der Waals surface area contributed by atoms with Gasteiger partial charge in [-0.1, -0.05) is 126 Å². The van der Waals surface area contributed by atoms with Gasteiger partial charge in [0, 0.05) is 11.3 Å². The highest BCUT2D eigenvalue weighted by Crippen LogP contribution is 2.32. The molecule has 0 aliphatic heterocycles. The summed E-state index contributed by atoms with van der Waals surface area (Å²) in [4.78, 5) is 12.5. The SMILES string of the molecule is O=C(CSc1nnc(SCc2cccc3ccccc23)s1)N/N=C\c1c2ccccc2cc2ccccc12. The maximum atomic E-state index is 12.5. The Hall–Kier alpha value is -3.72. The topological polar surface area (TPSA) is 67.2 Å². The van der Waals surface area contributed by atoms with Gasteiger partial charge >= 0.3 is 0 Å². The Bertz CT molecular complexity index is 1740. The molecule has 0 aliphatic carbocycles. The summed E-state index contributed by atoms with van der Waals surface area (Å²) in [6.07, 6.45) is 1.74. The molecule has 0 saturated carbocycles. The summed E-state index contributed by atoms with van der Waals surface area (Å²) < 4.78 is 1.66. The number of aromatic nitrogens is 2. The molecule has 6 aromatic rings. The second kappa shape index (κ2) is 11.3. The number of nitrogens with one attached hydrogen (secondary N) is 1. The van der Waals surface area contributed by atoms with Gasteiger partial charge < -0.3 is 0 Å². The summed E-state index contributed by atoms with van der Waals surface area (Å²) >= 11 is 4.54. The van der Waals surface area contributed by atoms with E-state index in [0.29, 0.717) is 0 Å². The minimum Gasteiger partial charge on any atom is -0.272 e. The highest BCUT2D eigenvalue weighted by atomic mass is 32.2. The van der Waals surface area contributed by atoms with E-state index >= 15 is 0 Å². The van der Waals surface area contributed by atoms with Crippen molar-refractivity contribution in [3.05, 3.63) is 108 Å². The van der Waals surface area contributed by atoms with E-state index in [1.807, 2.05) is 24.3 Å². The van der Waals surface area contributed by atoms with Crippen molar-refractivity contribution >= 4 is 79.3 Å². The normalized spacial score (nSPS) is 11.6. The minimum atomic E-state index is -0.184. The third kappa shape index (κ3) is 5.43. The van der Waals surface area contributed by atoms with Crippen LogP contribution in [0.25, 0.3) is 32.3 Å². The van der Waals surface area contributed by atoms with Crippen LogP contribution in [-0.2, 0) is 10.5 Å². The summed E-state index contributed by atoms with van der Waals surface area (Å²) in [7, 11) is 0. The lowest BCUT2D eigenvalue weighted by Crippen LogP contribution is -2.19. The van der Waals surface area contributed by atoms with Gasteiger partial charge in [-0.15, -0.1) is 10.2 Å². The van der Waals surface area contributed by atoms with Crippen LogP contribution in [0.1, 0.15) is 11.1 Å². The number of carbonyl (C=O) groups excluding carboxylic acids is 1. The van der Waals surface area contributed by atoms with Crippen molar-refractivity contribution in [2.24, 2.45) is 5.10 Å². The van der Waals surface area contributed by atoms with Crippen molar-refractivity contribution in [1.29, 1.82) is 0 Å². The molecule has 0 unspecified atom stereocenters. The number of hydrogen-bond acceptors (Lipinski definition) is 7. The number of hydrazone groups is 1. The molecule has 0 fully saturated rings. The van der Waals surface area contributed by atoms with Gasteiger partial charge in [-0.05, 0) is 43.9 Å². The summed E-state index contributed by atoms with van der Waals surface area (Å²) in [5.74, 6) is 0.852. The molecule has 8 heteroatoms. The largest absolute Gasteiger partial charge is 0.272 e. The van der Waals surface area contributed by atoms with E-state index < -0.39 is 0 Å². The number of nitrogens with zero attached hydrogens (tertiary/aromatic N) is 3. The first-order chi connectivity index (χ1) is 18.7. The van der Waals surface area contributed by atoms with E-state index in [1.54, 1.807) is 18.0 Å². The van der Waals surface area contributed by atoms with Gasteiger partial charge in [0.05, 0.1) is 12.0 Å². The van der Waals surface area contributed by atoms with Gasteiger partial charge in [-0.2, -0.15) is 5.10 Å². The molecular weight excluding hydrogens is 529 g/mol. The van der Waals surface area contributed by atoms with Crippen molar-refractivity contribution in [1.82, 2.24) is 15.6 Å². The Morgan fingerprint density at radius 3 is 2.11 bits per heavy atom. The van der Waals surface area contributed by atoms with E-state index in [2.05, 4.69) is 93.5 Å². The van der Waals surface area contributed by atoms with Gasteiger partial charge in [0.2, 0.25) is 0 Å². The fraction of sp³-hybridized carbons (Fsp3) is 0.0667. The Balaban J connectivity index is 1.06. The molecule has 0 saturated heterocycles. The van der Waals surface area contributed by atoms with Gasteiger partial charge in [0.25, 0.3) is 5.91 Å². The molecule has 186 valence electrons. The first-order valence-electron chi connectivity index (χ1n) is 12.0. The van der Waals surface area contributed by atoms with Crippen LogP contribution in [0.3, 0.4) is 0 Å². The average molecular weight is 551 g/mol. The summed E-state index contributed by atoms with van der Waals surface area (Å²) in [5, 5.41) is 19.8. The second-order valence-electron chi connectivity index (χ2n) is 8.58. The number of rotatable bonds is 8. The number of carbonyl (C=O) groups is 1. The van der Waals surface area contributed by atoms with Crippen LogP contribution >= 0.6 is 34.9 Å². The maximum absolute atomic E-state index is 12.5. The molecule has 0 spiro atoms. The van der Waals surface area contributed by atoms with E-state index in [1.165, 1.54) is 39.4 Å². The second-order valence-corrected chi connectivity index (χ2v) is 12.0. The third-order valence-corrected chi connectivity index (χ3v) is 9.38. The van der Waals surface area contributed by atoms with Crippen molar-refractivity contribution in [2.45, 2.75) is 14.4 Å². The first kappa shape index (κ1) is 24.6. The molecule has 0 radical (unpaired) electrons. The number of fused-ring (bicyclic) bond motifs is 3. The Labute approximate surface area is 232 Å². The molecular formula is C30H22N4OS3.